The lowest BCUT2D eigenvalue weighted by molar-refractivity contribution is 0.306. The van der Waals surface area contributed by atoms with Gasteiger partial charge in [0.15, 0.2) is 11.5 Å². The summed E-state index contributed by atoms with van der Waals surface area (Å²) in [5, 5.41) is 13.2. The smallest absolute Gasteiger partial charge is 0.231 e. The zero-order valence-corrected chi connectivity index (χ0v) is 17.3. The van der Waals surface area contributed by atoms with Crippen molar-refractivity contribution >= 4 is 27.3 Å². The summed E-state index contributed by atoms with van der Waals surface area (Å²) in [7, 11) is -3.45. The molecule has 1 N–H and O–H groups in total. The van der Waals surface area contributed by atoms with Gasteiger partial charge in [0.05, 0.1) is 10.8 Å². The number of nitrogens with one attached hydrogen (secondary N) is 1. The maximum atomic E-state index is 12.2. The summed E-state index contributed by atoms with van der Waals surface area (Å²) in [5.41, 5.74) is 1.96. The quantitative estimate of drug-likeness (QED) is 0.420. The van der Waals surface area contributed by atoms with Gasteiger partial charge in [0.1, 0.15) is 6.61 Å². The first kappa shape index (κ1) is 20.3. The Morgan fingerprint density at radius 2 is 1.73 bits per heavy atom. The summed E-state index contributed by atoms with van der Waals surface area (Å²) in [6.45, 7) is 0.241. The van der Waals surface area contributed by atoms with E-state index in [0.717, 1.165) is 5.56 Å². The second kappa shape index (κ2) is 8.78. The third-order valence-electron chi connectivity index (χ3n) is 4.23. The number of hydrogen-bond donors (Lipinski definition) is 1. The Kier molecular flexibility index (Phi) is 5.93. The molecule has 0 bridgehead atoms. The largest absolute Gasteiger partial charge is 0.475 e. The van der Waals surface area contributed by atoms with E-state index in [2.05, 4.69) is 20.0 Å². The Bertz CT molecular complexity index is 1260. The van der Waals surface area contributed by atoms with E-state index in [1.165, 1.54) is 4.52 Å². The highest BCUT2D eigenvalue weighted by atomic mass is 35.5. The molecular formula is C20H18ClN5O3S. The average Bonchev–Trinajstić information content (AvgIpc) is 3.15. The maximum Gasteiger partial charge on any atom is 0.231 e. The number of nitrogens with zero attached hydrogens (tertiary/aromatic N) is 4. The molecule has 0 saturated heterocycles. The number of halogens is 1. The Morgan fingerprint density at radius 1 is 0.967 bits per heavy atom. The molecule has 8 nitrogen and oxygen atoms in total. The van der Waals surface area contributed by atoms with Crippen molar-refractivity contribution in [2.75, 3.05) is 13.2 Å². The van der Waals surface area contributed by atoms with Gasteiger partial charge in [0, 0.05) is 18.2 Å². The molecule has 0 radical (unpaired) electrons. The number of ether oxygens (including phenoxy) is 1. The fourth-order valence-corrected chi connectivity index (χ4v) is 4.20. The van der Waals surface area contributed by atoms with E-state index in [1.807, 2.05) is 24.3 Å². The van der Waals surface area contributed by atoms with E-state index in [4.69, 9.17) is 16.3 Å². The first-order valence-corrected chi connectivity index (χ1v) is 11.2. The third kappa shape index (κ3) is 4.76. The molecule has 0 aliphatic heterocycles. The Balaban J connectivity index is 1.40. The molecule has 0 unspecified atom stereocenters. The number of hydrogen-bond acceptors (Lipinski definition) is 6. The molecule has 154 valence electrons. The topological polar surface area (TPSA) is 98.5 Å². The lowest BCUT2D eigenvalue weighted by Crippen LogP contribution is -2.29. The van der Waals surface area contributed by atoms with Crippen molar-refractivity contribution in [3.63, 3.8) is 0 Å². The monoisotopic (exact) mass is 443 g/mol. The normalized spacial score (nSPS) is 11.6. The Hall–Kier alpha value is -3.01. The number of benzene rings is 2. The van der Waals surface area contributed by atoms with Crippen LogP contribution in [-0.2, 0) is 15.8 Å². The summed E-state index contributed by atoms with van der Waals surface area (Å²) >= 11 is 6.25. The molecule has 0 aliphatic carbocycles. The van der Waals surface area contributed by atoms with Gasteiger partial charge in [-0.15, -0.1) is 15.3 Å². The van der Waals surface area contributed by atoms with Gasteiger partial charge < -0.3 is 4.74 Å². The standard InChI is InChI=1S/C20H18ClN5O3S/c21-17-9-5-4-8-16(17)20-24-23-18-10-11-19(25-26(18)20)29-13-12-22-30(27,28)14-15-6-2-1-3-7-15/h1-11,22H,12-14H2. The van der Waals surface area contributed by atoms with Crippen LogP contribution in [0.25, 0.3) is 17.0 Å². The zero-order valence-electron chi connectivity index (χ0n) is 15.8. The summed E-state index contributed by atoms with van der Waals surface area (Å²) in [6.07, 6.45) is 0. The van der Waals surface area contributed by atoms with Crippen LogP contribution in [0, 0.1) is 0 Å². The number of aromatic nitrogens is 4. The summed E-state index contributed by atoms with van der Waals surface area (Å²) in [5.74, 6) is 0.724. The van der Waals surface area contributed by atoms with Crippen LogP contribution in [-0.4, -0.2) is 41.4 Å². The van der Waals surface area contributed by atoms with Gasteiger partial charge in [-0.05, 0) is 23.8 Å². The van der Waals surface area contributed by atoms with E-state index in [9.17, 15) is 8.42 Å². The van der Waals surface area contributed by atoms with Crippen LogP contribution >= 0.6 is 11.6 Å². The Labute approximate surface area is 178 Å². The van der Waals surface area contributed by atoms with E-state index in [0.29, 0.717) is 27.9 Å². The van der Waals surface area contributed by atoms with Crippen molar-refractivity contribution in [1.29, 1.82) is 0 Å². The summed E-state index contributed by atoms with van der Waals surface area (Å²) < 4.78 is 34.0. The molecule has 4 aromatic rings. The lowest BCUT2D eigenvalue weighted by atomic mass is 10.2. The van der Waals surface area contributed by atoms with Crippen molar-refractivity contribution < 1.29 is 13.2 Å². The second-order valence-corrected chi connectivity index (χ2v) is 8.65. The van der Waals surface area contributed by atoms with Crippen LogP contribution in [0.1, 0.15) is 5.56 Å². The zero-order chi connectivity index (χ0) is 21.0. The second-order valence-electron chi connectivity index (χ2n) is 6.43. The Morgan fingerprint density at radius 3 is 2.53 bits per heavy atom. The highest BCUT2D eigenvalue weighted by Gasteiger charge is 2.14. The molecule has 4 rings (SSSR count). The number of sulfonamides is 1. The van der Waals surface area contributed by atoms with Gasteiger partial charge in [-0.25, -0.2) is 13.1 Å². The van der Waals surface area contributed by atoms with Crippen molar-refractivity contribution in [1.82, 2.24) is 24.5 Å². The maximum absolute atomic E-state index is 12.2. The molecule has 2 heterocycles. The van der Waals surface area contributed by atoms with Crippen LogP contribution in [0.5, 0.6) is 5.88 Å². The van der Waals surface area contributed by atoms with Gasteiger partial charge in [-0.1, -0.05) is 54.1 Å². The van der Waals surface area contributed by atoms with Gasteiger partial charge >= 0.3 is 0 Å². The van der Waals surface area contributed by atoms with Crippen LogP contribution in [0.15, 0.2) is 66.7 Å². The highest BCUT2D eigenvalue weighted by Crippen LogP contribution is 2.26. The summed E-state index contributed by atoms with van der Waals surface area (Å²) in [4.78, 5) is 0. The minimum Gasteiger partial charge on any atom is -0.475 e. The average molecular weight is 444 g/mol. The predicted molar refractivity (Wildman–Crippen MR) is 114 cm³/mol. The molecule has 30 heavy (non-hydrogen) atoms. The molecule has 0 fully saturated rings. The molecule has 0 spiro atoms. The fraction of sp³-hybridized carbons (Fsp3) is 0.150. The lowest BCUT2D eigenvalue weighted by Gasteiger charge is -2.08. The fourth-order valence-electron chi connectivity index (χ4n) is 2.86. The number of rotatable bonds is 8. The molecule has 0 atom stereocenters. The van der Waals surface area contributed by atoms with Crippen LogP contribution in [0.3, 0.4) is 0 Å². The third-order valence-corrected chi connectivity index (χ3v) is 5.91. The van der Waals surface area contributed by atoms with Crippen LogP contribution < -0.4 is 9.46 Å². The predicted octanol–water partition coefficient (Wildman–Crippen LogP) is 2.94. The first-order chi connectivity index (χ1) is 14.5. The molecule has 0 amide bonds. The van der Waals surface area contributed by atoms with Crippen molar-refractivity contribution in [2.24, 2.45) is 0 Å². The van der Waals surface area contributed by atoms with Gasteiger partial charge in [0.25, 0.3) is 0 Å². The molecule has 2 aromatic carbocycles. The SMILES string of the molecule is O=S(=O)(Cc1ccccc1)NCCOc1ccc2nnc(-c3ccccc3Cl)n2n1. The minimum atomic E-state index is -3.45. The molecule has 0 aliphatic rings. The van der Waals surface area contributed by atoms with Crippen molar-refractivity contribution in [3.05, 3.63) is 77.3 Å². The molecular weight excluding hydrogens is 426 g/mol. The van der Waals surface area contributed by atoms with Gasteiger partial charge in [-0.3, -0.25) is 0 Å². The molecule has 10 heteroatoms. The van der Waals surface area contributed by atoms with Gasteiger partial charge in [-0.2, -0.15) is 4.52 Å². The minimum absolute atomic E-state index is 0.0834. The van der Waals surface area contributed by atoms with E-state index in [1.54, 1.807) is 42.5 Å². The van der Waals surface area contributed by atoms with E-state index in [-0.39, 0.29) is 18.9 Å². The van der Waals surface area contributed by atoms with Crippen LogP contribution in [0.2, 0.25) is 5.02 Å². The van der Waals surface area contributed by atoms with Crippen LogP contribution in [0.4, 0.5) is 0 Å². The van der Waals surface area contributed by atoms with E-state index < -0.39 is 10.0 Å². The summed E-state index contributed by atoms with van der Waals surface area (Å²) in [6, 6.07) is 19.6. The highest BCUT2D eigenvalue weighted by molar-refractivity contribution is 7.88. The first-order valence-electron chi connectivity index (χ1n) is 9.13. The molecule has 2 aromatic heterocycles. The van der Waals surface area contributed by atoms with E-state index >= 15 is 0 Å². The van der Waals surface area contributed by atoms with Crippen molar-refractivity contribution in [3.8, 4) is 17.3 Å². The number of fused-ring (bicyclic) bond motifs is 1. The van der Waals surface area contributed by atoms with Gasteiger partial charge in [0.2, 0.25) is 15.9 Å². The van der Waals surface area contributed by atoms with Crippen molar-refractivity contribution in [2.45, 2.75) is 5.75 Å². The molecule has 0 saturated carbocycles.